The number of carbonyl (C=O) groups is 1. The van der Waals surface area contributed by atoms with Gasteiger partial charge in [0.15, 0.2) is 11.0 Å². The van der Waals surface area contributed by atoms with Crippen LogP contribution in [0.4, 0.5) is 0 Å². The van der Waals surface area contributed by atoms with Gasteiger partial charge in [-0.2, -0.15) is 0 Å². The highest BCUT2D eigenvalue weighted by molar-refractivity contribution is 7.99. The lowest BCUT2D eigenvalue weighted by atomic mass is 10.2. The van der Waals surface area contributed by atoms with Gasteiger partial charge < -0.3 is 5.32 Å². The Bertz CT molecular complexity index is 1190. The molecule has 0 aliphatic rings. The summed E-state index contributed by atoms with van der Waals surface area (Å²) < 4.78 is 1.83. The van der Waals surface area contributed by atoms with Gasteiger partial charge in [-0.15, -0.1) is 10.2 Å². The quantitative estimate of drug-likeness (QED) is 0.401. The Morgan fingerprint density at radius 1 is 1.03 bits per heavy atom. The van der Waals surface area contributed by atoms with Crippen molar-refractivity contribution >= 4 is 40.9 Å². The lowest BCUT2D eigenvalue weighted by molar-refractivity contribution is -0.118. The van der Waals surface area contributed by atoms with Gasteiger partial charge in [0, 0.05) is 24.2 Å². The third kappa shape index (κ3) is 5.22. The summed E-state index contributed by atoms with van der Waals surface area (Å²) in [7, 11) is 0. The number of hydrogen-bond acceptors (Lipinski definition) is 6. The van der Waals surface area contributed by atoms with Crippen molar-refractivity contribution in [3.63, 3.8) is 0 Å². The van der Waals surface area contributed by atoms with Crippen LogP contribution in [0.5, 0.6) is 0 Å². The number of nitrogens with zero attached hydrogens (tertiary/aromatic N) is 5. The number of amides is 1. The molecule has 0 spiro atoms. The maximum Gasteiger partial charge on any atom is 0.230 e. The summed E-state index contributed by atoms with van der Waals surface area (Å²) in [5, 5.41) is 12.9. The van der Waals surface area contributed by atoms with Gasteiger partial charge in [-0.25, -0.2) is 0 Å². The van der Waals surface area contributed by atoms with E-state index in [1.807, 2.05) is 41.0 Å². The van der Waals surface area contributed by atoms with Crippen LogP contribution in [0, 0.1) is 0 Å². The predicted molar refractivity (Wildman–Crippen MR) is 121 cm³/mol. The average Bonchev–Trinajstić information content (AvgIpc) is 3.23. The van der Waals surface area contributed by atoms with Gasteiger partial charge >= 0.3 is 0 Å². The second-order valence-corrected chi connectivity index (χ2v) is 8.13. The van der Waals surface area contributed by atoms with Crippen molar-refractivity contribution < 1.29 is 4.79 Å². The lowest BCUT2D eigenvalue weighted by Crippen LogP contribution is -2.25. The molecule has 7 nitrogen and oxygen atoms in total. The molecule has 1 aromatic carbocycles. The van der Waals surface area contributed by atoms with E-state index in [1.165, 1.54) is 11.8 Å². The van der Waals surface area contributed by atoms with Crippen LogP contribution >= 0.6 is 35.0 Å². The Morgan fingerprint density at radius 3 is 2.68 bits per heavy atom. The summed E-state index contributed by atoms with van der Waals surface area (Å²) in [6.45, 7) is 0.362. The molecular weight excluding hydrogens is 455 g/mol. The van der Waals surface area contributed by atoms with Crippen LogP contribution in [-0.2, 0) is 11.3 Å². The van der Waals surface area contributed by atoms with Gasteiger partial charge in [0.2, 0.25) is 5.91 Å². The Morgan fingerprint density at radius 2 is 1.94 bits per heavy atom. The number of rotatable bonds is 7. The standard InChI is InChI=1S/C21H16Cl2N6OS/c22-17-7-6-16(10-18(17)23)29-20(14-4-3-8-24-11-14)27-28-21(29)31-13-19(30)26-12-15-5-1-2-9-25-15/h1-11H,12-13H2,(H,26,30). The van der Waals surface area contributed by atoms with Crippen molar-refractivity contribution in [2.45, 2.75) is 11.7 Å². The van der Waals surface area contributed by atoms with Crippen LogP contribution in [0.15, 0.2) is 72.3 Å². The lowest BCUT2D eigenvalue weighted by Gasteiger charge is -2.11. The van der Waals surface area contributed by atoms with Crippen LogP contribution in [-0.4, -0.2) is 36.4 Å². The predicted octanol–water partition coefficient (Wildman–Crippen LogP) is 4.44. The first-order chi connectivity index (χ1) is 15.1. The summed E-state index contributed by atoms with van der Waals surface area (Å²) >= 11 is 13.6. The van der Waals surface area contributed by atoms with E-state index < -0.39 is 0 Å². The van der Waals surface area contributed by atoms with Crippen molar-refractivity contribution in [1.82, 2.24) is 30.0 Å². The Kier molecular flexibility index (Phi) is 6.81. The van der Waals surface area contributed by atoms with Gasteiger partial charge in [-0.05, 0) is 42.5 Å². The SMILES string of the molecule is O=C(CSc1nnc(-c2cccnc2)n1-c1ccc(Cl)c(Cl)c1)NCc1ccccn1. The third-order valence-electron chi connectivity index (χ3n) is 4.24. The monoisotopic (exact) mass is 470 g/mol. The van der Waals surface area contributed by atoms with Crippen molar-refractivity contribution in [3.05, 3.63) is 82.9 Å². The molecule has 10 heteroatoms. The summed E-state index contributed by atoms with van der Waals surface area (Å²) in [5.41, 5.74) is 2.31. The second kappa shape index (κ2) is 9.91. The molecule has 1 N–H and O–H groups in total. The first-order valence-corrected chi connectivity index (χ1v) is 11.0. The zero-order valence-corrected chi connectivity index (χ0v) is 18.4. The minimum absolute atomic E-state index is 0.137. The Balaban J connectivity index is 1.56. The number of nitrogens with one attached hydrogen (secondary N) is 1. The van der Waals surface area contributed by atoms with E-state index in [-0.39, 0.29) is 11.7 Å². The molecule has 0 aliphatic heterocycles. The molecule has 156 valence electrons. The van der Waals surface area contributed by atoms with Gasteiger partial charge in [-0.1, -0.05) is 41.0 Å². The largest absolute Gasteiger partial charge is 0.350 e. The average molecular weight is 471 g/mol. The molecule has 0 saturated heterocycles. The van der Waals surface area contributed by atoms with Crippen LogP contribution in [0.25, 0.3) is 17.1 Å². The third-order valence-corrected chi connectivity index (χ3v) is 5.91. The molecule has 1 amide bonds. The molecule has 0 saturated carbocycles. The van der Waals surface area contributed by atoms with Crippen molar-refractivity contribution in [2.24, 2.45) is 0 Å². The summed E-state index contributed by atoms with van der Waals surface area (Å²) in [6, 6.07) is 14.5. The molecule has 0 atom stereocenters. The van der Waals surface area contributed by atoms with E-state index in [0.29, 0.717) is 27.6 Å². The maximum atomic E-state index is 12.3. The Hall–Kier alpha value is -2.94. The first-order valence-electron chi connectivity index (χ1n) is 9.22. The normalized spacial score (nSPS) is 10.8. The fraction of sp³-hybridized carbons (Fsp3) is 0.0952. The number of hydrogen-bond donors (Lipinski definition) is 1. The maximum absolute atomic E-state index is 12.3. The molecule has 3 aromatic heterocycles. The van der Waals surface area contributed by atoms with E-state index >= 15 is 0 Å². The zero-order valence-electron chi connectivity index (χ0n) is 16.1. The van der Waals surface area contributed by atoms with E-state index in [4.69, 9.17) is 23.2 Å². The summed E-state index contributed by atoms with van der Waals surface area (Å²) in [4.78, 5) is 20.7. The van der Waals surface area contributed by atoms with Crippen LogP contribution in [0.3, 0.4) is 0 Å². The molecule has 0 radical (unpaired) electrons. The van der Waals surface area contributed by atoms with Gasteiger partial charge in [0.1, 0.15) is 0 Å². The van der Waals surface area contributed by atoms with Gasteiger partial charge in [0.05, 0.1) is 33.7 Å². The minimum Gasteiger partial charge on any atom is -0.350 e. The van der Waals surface area contributed by atoms with E-state index in [0.717, 1.165) is 16.9 Å². The van der Waals surface area contributed by atoms with Crippen LogP contribution < -0.4 is 5.32 Å². The zero-order chi connectivity index (χ0) is 21.6. The van der Waals surface area contributed by atoms with Gasteiger partial charge in [0.25, 0.3) is 0 Å². The topological polar surface area (TPSA) is 85.6 Å². The second-order valence-electron chi connectivity index (χ2n) is 6.37. The molecular formula is C21H16Cl2N6OS. The van der Waals surface area contributed by atoms with Crippen molar-refractivity contribution in [1.29, 1.82) is 0 Å². The first kappa shape index (κ1) is 21.3. The highest BCUT2D eigenvalue weighted by Crippen LogP contribution is 2.31. The summed E-state index contributed by atoms with van der Waals surface area (Å²) in [5.74, 6) is 0.615. The number of aromatic nitrogens is 5. The molecule has 0 bridgehead atoms. The fourth-order valence-corrected chi connectivity index (χ4v) is 3.85. The van der Waals surface area contributed by atoms with Crippen LogP contribution in [0.2, 0.25) is 10.0 Å². The van der Waals surface area contributed by atoms with E-state index in [1.54, 1.807) is 30.7 Å². The highest BCUT2D eigenvalue weighted by Gasteiger charge is 2.18. The fourth-order valence-electron chi connectivity index (χ4n) is 2.78. The smallest absolute Gasteiger partial charge is 0.230 e. The number of thioether (sulfide) groups is 1. The molecule has 0 fully saturated rings. The molecule has 0 aliphatic carbocycles. The molecule has 4 aromatic rings. The van der Waals surface area contributed by atoms with Crippen molar-refractivity contribution in [2.75, 3.05) is 5.75 Å². The number of benzene rings is 1. The molecule has 0 unspecified atom stereocenters. The number of pyridine rings is 2. The minimum atomic E-state index is -0.137. The summed E-state index contributed by atoms with van der Waals surface area (Å²) in [6.07, 6.45) is 5.08. The molecule has 31 heavy (non-hydrogen) atoms. The highest BCUT2D eigenvalue weighted by atomic mass is 35.5. The Labute approximate surface area is 192 Å². The van der Waals surface area contributed by atoms with Crippen LogP contribution in [0.1, 0.15) is 5.69 Å². The van der Waals surface area contributed by atoms with Gasteiger partial charge in [-0.3, -0.25) is 19.3 Å². The molecule has 4 rings (SSSR count). The van der Waals surface area contributed by atoms with Crippen molar-refractivity contribution in [3.8, 4) is 17.1 Å². The number of halogens is 2. The number of carbonyl (C=O) groups excluding carboxylic acids is 1. The van der Waals surface area contributed by atoms with E-state index in [2.05, 4.69) is 25.5 Å². The molecule has 3 heterocycles. The van der Waals surface area contributed by atoms with E-state index in [9.17, 15) is 4.79 Å².